The van der Waals surface area contributed by atoms with Crippen molar-refractivity contribution in [2.24, 2.45) is 0 Å². The van der Waals surface area contributed by atoms with E-state index in [4.69, 9.17) is 31.5 Å². The summed E-state index contributed by atoms with van der Waals surface area (Å²) in [7, 11) is 0. The second-order valence-corrected chi connectivity index (χ2v) is 23.3. The Bertz CT molecular complexity index is 7680. The second-order valence-electron chi connectivity index (χ2n) is 23.3. The van der Waals surface area contributed by atoms with Crippen molar-refractivity contribution in [2.45, 2.75) is 62.3 Å². The van der Waals surface area contributed by atoms with Crippen molar-refractivity contribution >= 4 is 115 Å². The van der Waals surface area contributed by atoms with Crippen molar-refractivity contribution < 1.29 is 112 Å². The first-order valence-electron chi connectivity index (χ1n) is 41.9. The molecular formula is C86H65Ir4N9-4. The number of benzene rings is 12. The minimum Gasteiger partial charge on any atom is -0.338 e. The van der Waals surface area contributed by atoms with Crippen molar-refractivity contribution in [3.63, 3.8) is 0 Å². The molecule has 0 unspecified atom stereocenters. The fourth-order valence-corrected chi connectivity index (χ4v) is 13.0. The summed E-state index contributed by atoms with van der Waals surface area (Å²) in [4.78, 5) is 13.4. The number of rotatable bonds is 3. The fraction of sp³-hybridized carbons (Fsp3) is 0.105. The third-order valence-electron chi connectivity index (χ3n) is 17.2. The second kappa shape index (κ2) is 28.6. The largest absolute Gasteiger partial charge is 0.338 e. The normalized spacial score (nSPS) is 14.4. The number of nitrogens with zero attached hydrogens (tertiary/aromatic N) is 9. The van der Waals surface area contributed by atoms with Gasteiger partial charge in [-0.15, -0.1) is 118 Å². The minimum atomic E-state index is -0.543. The van der Waals surface area contributed by atoms with Gasteiger partial charge in [0.15, 0.2) is 5.82 Å². The van der Waals surface area contributed by atoms with E-state index in [2.05, 4.69) is 153 Å². The Morgan fingerprint density at radius 1 is 0.374 bits per heavy atom. The molecule has 7 heterocycles. The summed E-state index contributed by atoms with van der Waals surface area (Å²) in [5.74, 6) is 0.0929. The van der Waals surface area contributed by atoms with Crippen LogP contribution in [0.4, 0.5) is 0 Å². The Balaban J connectivity index is 0.000000150. The predicted molar refractivity (Wildman–Crippen MR) is 393 cm³/mol. The van der Waals surface area contributed by atoms with E-state index in [1.165, 1.54) is 30.9 Å². The number of para-hydroxylation sites is 2. The molecule has 0 atom stereocenters. The van der Waals surface area contributed by atoms with E-state index in [1.54, 1.807) is 27.7 Å². The topological polar surface area (TPSA) is 82.6 Å². The first kappa shape index (κ1) is 46.2. The van der Waals surface area contributed by atoms with Crippen molar-refractivity contribution in [2.75, 3.05) is 0 Å². The zero-order valence-corrected chi connectivity index (χ0v) is 63.6. The molecule has 0 saturated heterocycles. The number of hydrogen-bond acceptors (Lipinski definition) is 5. The SMILES string of the molecule is [2H]c1[c-]c2c(c([2H])c1[2H])c1c([2H])c([2H])c([2H])c([2H])c1n1c(-c3c(C)c([2H])c([2H])c([2H])c3C)nnc21.[2H]c1[c-]c2c3nc([2H])n(-c4c(C)c([2H])c([2H])c([2H])c4C)c3c3c([2H])c([2H])c([2H])c([2H])c3c2c([2H])c1[2H].[2H]c1nc2c3[c-]cccc3c3cc(C)ccc3n2c1-c1c(C)cccc1C.[2H]c1nc2c3[c-]cccc3c3cc(C)ccc3n2c1C.[Ir].[Ir].[Ir].[Ir]. The zero-order chi connectivity index (χ0) is 84.8. The molecule has 7 aromatic heterocycles. The molecule has 0 spiro atoms. The molecule has 4 radical (unpaired) electrons. The van der Waals surface area contributed by atoms with Crippen LogP contribution in [0.15, 0.2) is 230 Å². The number of fused-ring (bicyclic) bond motifs is 24. The van der Waals surface area contributed by atoms with Gasteiger partial charge in [-0.05, 0) is 138 Å². The Hall–Kier alpha value is -9.21. The first-order chi connectivity index (χ1) is 55.9. The molecule has 0 aliphatic heterocycles. The summed E-state index contributed by atoms with van der Waals surface area (Å²) in [5, 5.41) is 15.0. The summed E-state index contributed by atoms with van der Waals surface area (Å²) in [6, 6.07) is 35.6. The van der Waals surface area contributed by atoms with Crippen LogP contribution in [0.1, 0.15) is 81.7 Å². The summed E-state index contributed by atoms with van der Waals surface area (Å²) in [6.45, 7) is 16.7. The maximum atomic E-state index is 8.69. The van der Waals surface area contributed by atoms with E-state index < -0.39 is 78.6 Å². The Morgan fingerprint density at radius 3 is 1.54 bits per heavy atom. The number of aryl methyl sites for hydroxylation is 5. The molecule has 99 heavy (non-hydrogen) atoms. The van der Waals surface area contributed by atoms with E-state index >= 15 is 0 Å². The molecule has 12 aromatic carbocycles. The number of imidazole rings is 3. The van der Waals surface area contributed by atoms with Gasteiger partial charge >= 0.3 is 0 Å². The maximum absolute atomic E-state index is 8.69. The molecule has 0 saturated carbocycles. The average Bonchev–Trinajstić information content (AvgIpc) is 1.29. The van der Waals surface area contributed by atoms with E-state index in [9.17, 15) is 0 Å². The van der Waals surface area contributed by atoms with Gasteiger partial charge in [-0.2, -0.15) is 5.10 Å². The predicted octanol–water partition coefficient (Wildman–Crippen LogP) is 20.9. The Kier molecular flexibility index (Phi) is 13.3. The van der Waals surface area contributed by atoms with Crippen LogP contribution in [-0.2, 0) is 80.4 Å². The third-order valence-corrected chi connectivity index (χ3v) is 17.2. The van der Waals surface area contributed by atoms with Crippen LogP contribution in [0.25, 0.3) is 143 Å². The molecule has 0 aliphatic rings. The fourth-order valence-electron chi connectivity index (χ4n) is 13.0. The molecule has 0 amide bonds. The van der Waals surface area contributed by atoms with Crippen molar-refractivity contribution in [3.8, 4) is 28.3 Å². The average molecular weight is 2020 g/mol. The van der Waals surface area contributed by atoms with Crippen molar-refractivity contribution in [1.29, 1.82) is 0 Å². The minimum absolute atomic E-state index is 0. The van der Waals surface area contributed by atoms with E-state index in [1.807, 2.05) is 31.2 Å². The number of hydrogen-bond donors (Lipinski definition) is 0. The van der Waals surface area contributed by atoms with Gasteiger partial charge in [-0.1, -0.05) is 164 Å². The molecule has 0 bridgehead atoms. The molecule has 0 N–H and O–H groups in total. The van der Waals surface area contributed by atoms with E-state index in [0.717, 1.165) is 72.0 Å². The van der Waals surface area contributed by atoms with Gasteiger partial charge < -0.3 is 17.8 Å². The standard InChI is InChI=1S/C24H19N2.C23H17N2.C22H16N3.C17H13N2.4Ir/c1-15-11-12-21-20(13-15)18-9-4-5-10-19(18)24-25-14-22(26(21)24)23-16(2)7-6-8-17(23)3;1-15-8-7-9-16(2)22(15)25-14-24-21-19-12-5-3-10-17(19)18-11-4-6-13-20(18)23(21)25;1-14-8-7-9-15(2)20(14)22-24-23-21-18-12-4-3-10-16(18)17-11-5-6-13-19(17)25(21)22;1-11-7-8-16-15(9-11)13-5-3-4-6-14(13)17-18-10-12(2)19(16)17;;;;/h4-9,11-14H,1-3H3;3-11,13-14H,1-2H3;3-11,13H,1-2H3;3-5,7-10H,1-2H3;;;;/q4*-1;;;;/i14D;3D,4D,5D,6D,7D,8D,9D,10D,11D,13D,14D;3D,4D,5D,6D,7D,8D,9D,10D,11D,13D;10D;;;;. The monoisotopic (exact) mass is 2020 g/mol. The van der Waals surface area contributed by atoms with Crippen molar-refractivity contribution in [3.05, 3.63) is 305 Å². The molecular weight excluding hydrogens is 1930 g/mol. The van der Waals surface area contributed by atoms with Crippen LogP contribution in [0.5, 0.6) is 0 Å². The van der Waals surface area contributed by atoms with Gasteiger partial charge in [-0.3, -0.25) is 15.0 Å². The maximum Gasteiger partial charge on any atom is 0.159 e. The quantitative estimate of drug-likeness (QED) is 0.130. The van der Waals surface area contributed by atoms with Crippen LogP contribution in [0, 0.1) is 86.6 Å². The van der Waals surface area contributed by atoms with Gasteiger partial charge in [0.2, 0.25) is 0 Å². The molecule has 19 rings (SSSR count). The zero-order valence-electron chi connectivity index (χ0n) is 77.0. The molecule has 9 nitrogen and oxygen atoms in total. The Morgan fingerprint density at radius 2 is 0.899 bits per heavy atom. The first-order valence-corrected chi connectivity index (χ1v) is 30.4. The summed E-state index contributed by atoms with van der Waals surface area (Å²) < 4.78 is 198. The summed E-state index contributed by atoms with van der Waals surface area (Å²) in [5.41, 5.74) is 13.3. The van der Waals surface area contributed by atoms with Gasteiger partial charge in [-0.25, -0.2) is 0 Å². The van der Waals surface area contributed by atoms with Crippen LogP contribution < -0.4 is 0 Å². The van der Waals surface area contributed by atoms with Crippen LogP contribution in [0.3, 0.4) is 0 Å². The molecule has 13 heteroatoms. The van der Waals surface area contributed by atoms with Crippen LogP contribution in [0.2, 0.25) is 0 Å². The van der Waals surface area contributed by atoms with Gasteiger partial charge in [0.25, 0.3) is 0 Å². The van der Waals surface area contributed by atoms with Crippen LogP contribution in [-0.4, -0.2) is 42.9 Å². The van der Waals surface area contributed by atoms with Crippen molar-refractivity contribution in [1.82, 2.24) is 42.9 Å². The molecule has 0 fully saturated rings. The smallest absolute Gasteiger partial charge is 0.159 e. The third kappa shape index (κ3) is 11.9. The van der Waals surface area contributed by atoms with E-state index in [0.29, 0.717) is 29.0 Å². The van der Waals surface area contributed by atoms with Gasteiger partial charge in [0.1, 0.15) is 1.37 Å². The van der Waals surface area contributed by atoms with Gasteiger partial charge in [0, 0.05) is 143 Å². The van der Waals surface area contributed by atoms with E-state index in [-0.39, 0.29) is 212 Å². The summed E-state index contributed by atoms with van der Waals surface area (Å²) >= 11 is 0. The molecule has 0 aliphatic carbocycles. The molecule has 494 valence electrons. The number of aromatic nitrogens is 9. The van der Waals surface area contributed by atoms with Gasteiger partial charge in [0.05, 0.1) is 56.6 Å². The molecule has 19 aromatic rings. The number of pyridine rings is 3. The Labute approximate surface area is 660 Å². The summed E-state index contributed by atoms with van der Waals surface area (Å²) in [6.07, 6.45) is 0.269. The van der Waals surface area contributed by atoms with Crippen LogP contribution >= 0.6 is 0 Å².